The molecule has 25 heavy (non-hydrogen) atoms. The summed E-state index contributed by atoms with van der Waals surface area (Å²) in [6, 6.07) is 10.9. The fourth-order valence-electron chi connectivity index (χ4n) is 4.33. The smallest absolute Gasteiger partial charge is 0.308 e. The van der Waals surface area contributed by atoms with Crippen molar-refractivity contribution in [2.75, 3.05) is 0 Å². The van der Waals surface area contributed by atoms with E-state index < -0.39 is 11.9 Å². The van der Waals surface area contributed by atoms with Gasteiger partial charge in [-0.1, -0.05) is 30.3 Å². The minimum absolute atomic E-state index is 0.184. The normalized spacial score (nSPS) is 27.2. The van der Waals surface area contributed by atoms with Crippen LogP contribution in [0.25, 0.3) is 11.3 Å². The van der Waals surface area contributed by atoms with Gasteiger partial charge in [-0.15, -0.1) is 0 Å². The molecule has 1 amide bonds. The number of hydrogen-bond donors (Lipinski definition) is 2. The number of aliphatic carboxylic acids is 1. The summed E-state index contributed by atoms with van der Waals surface area (Å²) in [5, 5.41) is 20.5. The molecule has 0 unspecified atom stereocenters. The minimum atomic E-state index is -0.810. The van der Waals surface area contributed by atoms with Gasteiger partial charge in [0.15, 0.2) is 0 Å². The monoisotopic (exact) mass is 337 g/mol. The first-order valence-electron chi connectivity index (χ1n) is 8.55. The minimum Gasteiger partial charge on any atom is -0.481 e. The van der Waals surface area contributed by atoms with E-state index in [4.69, 9.17) is 0 Å². The Morgan fingerprint density at radius 1 is 1.12 bits per heavy atom. The summed E-state index contributed by atoms with van der Waals surface area (Å²) >= 11 is 0. The topological polar surface area (TPSA) is 92.2 Å². The Balaban J connectivity index is 1.55. The van der Waals surface area contributed by atoms with Gasteiger partial charge >= 0.3 is 5.97 Å². The van der Waals surface area contributed by atoms with E-state index in [0.29, 0.717) is 11.3 Å². The second-order valence-electron chi connectivity index (χ2n) is 6.89. The number of fused-ring (bicyclic) bond motifs is 2. The van der Waals surface area contributed by atoms with Crippen LogP contribution in [0, 0.1) is 17.8 Å². The van der Waals surface area contributed by atoms with Crippen LogP contribution in [-0.4, -0.2) is 33.2 Å². The molecule has 128 valence electrons. The lowest BCUT2D eigenvalue weighted by Crippen LogP contribution is -2.46. The molecule has 4 atom stereocenters. The summed E-state index contributed by atoms with van der Waals surface area (Å²) in [6.07, 6.45) is 4.25. The summed E-state index contributed by atoms with van der Waals surface area (Å²) in [5.41, 5.74) is 1.91. The lowest BCUT2D eigenvalue weighted by Gasteiger charge is -2.28. The van der Waals surface area contributed by atoms with Gasteiger partial charge in [-0.2, -0.15) is 10.2 Å². The SMILES string of the molecule is O=C(N[C@@H]1[C@H]2CC[C@H](C2)[C@@H]1C(=O)O)c1cnnc(-c2ccccc2)c1. The van der Waals surface area contributed by atoms with Gasteiger partial charge in [-0.25, -0.2) is 0 Å². The molecule has 1 heterocycles. The van der Waals surface area contributed by atoms with E-state index in [2.05, 4.69) is 15.5 Å². The van der Waals surface area contributed by atoms with E-state index in [0.717, 1.165) is 24.8 Å². The zero-order valence-corrected chi connectivity index (χ0v) is 13.6. The maximum Gasteiger partial charge on any atom is 0.308 e. The van der Waals surface area contributed by atoms with Crippen LogP contribution in [0.2, 0.25) is 0 Å². The number of carboxylic acid groups (broad SMARTS) is 1. The van der Waals surface area contributed by atoms with Gasteiger partial charge in [0, 0.05) is 11.6 Å². The third kappa shape index (κ3) is 2.88. The van der Waals surface area contributed by atoms with Crippen LogP contribution in [0.15, 0.2) is 42.6 Å². The number of aromatic nitrogens is 2. The van der Waals surface area contributed by atoms with Gasteiger partial charge in [0.05, 0.1) is 23.4 Å². The number of hydrogen-bond acceptors (Lipinski definition) is 4. The second-order valence-corrected chi connectivity index (χ2v) is 6.89. The van der Waals surface area contributed by atoms with Gasteiger partial charge in [0.25, 0.3) is 5.91 Å². The maximum atomic E-state index is 12.7. The van der Waals surface area contributed by atoms with Crippen molar-refractivity contribution < 1.29 is 14.7 Å². The highest BCUT2D eigenvalue weighted by molar-refractivity contribution is 5.95. The van der Waals surface area contributed by atoms with Crippen LogP contribution in [-0.2, 0) is 4.79 Å². The molecule has 6 nitrogen and oxygen atoms in total. The van der Waals surface area contributed by atoms with Crippen LogP contribution in [0.4, 0.5) is 0 Å². The van der Waals surface area contributed by atoms with Crippen molar-refractivity contribution in [3.05, 3.63) is 48.2 Å². The number of amides is 1. The fraction of sp³-hybridized carbons (Fsp3) is 0.368. The first-order valence-corrected chi connectivity index (χ1v) is 8.55. The highest BCUT2D eigenvalue weighted by atomic mass is 16.4. The van der Waals surface area contributed by atoms with Crippen LogP contribution >= 0.6 is 0 Å². The Bertz CT molecular complexity index is 809. The van der Waals surface area contributed by atoms with Crippen LogP contribution < -0.4 is 5.32 Å². The number of benzene rings is 1. The zero-order valence-electron chi connectivity index (χ0n) is 13.6. The predicted octanol–water partition coefficient (Wildman–Crippen LogP) is 2.37. The maximum absolute atomic E-state index is 12.7. The summed E-state index contributed by atoms with van der Waals surface area (Å²) in [5.74, 6) is -1.13. The molecule has 0 aliphatic heterocycles. The van der Waals surface area contributed by atoms with E-state index in [1.54, 1.807) is 6.07 Å². The van der Waals surface area contributed by atoms with E-state index in [1.165, 1.54) is 6.20 Å². The second kappa shape index (κ2) is 6.27. The standard InChI is InChI=1S/C19H19N3O3/c23-18(21-17-13-7-6-12(8-13)16(17)19(24)25)14-9-15(22-20-10-14)11-4-2-1-3-5-11/h1-5,9-10,12-13,16-17H,6-8H2,(H,21,23)(H,24,25)/t12-,13+,16+,17-/m1/s1. The number of rotatable bonds is 4. The average Bonchev–Trinajstić information content (AvgIpc) is 3.24. The molecule has 0 saturated heterocycles. The van der Waals surface area contributed by atoms with Crippen molar-refractivity contribution in [1.29, 1.82) is 0 Å². The van der Waals surface area contributed by atoms with Gasteiger partial charge in [0.1, 0.15) is 0 Å². The lowest BCUT2D eigenvalue weighted by molar-refractivity contribution is -0.144. The van der Waals surface area contributed by atoms with E-state index >= 15 is 0 Å². The average molecular weight is 337 g/mol. The van der Waals surface area contributed by atoms with Gasteiger partial charge in [-0.05, 0) is 37.2 Å². The molecule has 6 heteroatoms. The van der Waals surface area contributed by atoms with Crippen molar-refractivity contribution >= 4 is 11.9 Å². The summed E-state index contributed by atoms with van der Waals surface area (Å²) in [4.78, 5) is 24.2. The molecule has 1 aromatic heterocycles. The fourth-order valence-corrected chi connectivity index (χ4v) is 4.33. The number of carbonyl (C=O) groups is 2. The molecule has 2 aliphatic carbocycles. The van der Waals surface area contributed by atoms with E-state index in [1.807, 2.05) is 30.3 Å². The van der Waals surface area contributed by atoms with Crippen molar-refractivity contribution in [3.8, 4) is 11.3 Å². The zero-order chi connectivity index (χ0) is 17.4. The van der Waals surface area contributed by atoms with Crippen molar-refractivity contribution in [1.82, 2.24) is 15.5 Å². The predicted molar refractivity (Wildman–Crippen MR) is 90.7 cm³/mol. The summed E-state index contributed by atoms with van der Waals surface area (Å²) in [7, 11) is 0. The van der Waals surface area contributed by atoms with E-state index in [9.17, 15) is 14.7 Å². The molecule has 1 aromatic carbocycles. The molecule has 0 radical (unpaired) electrons. The van der Waals surface area contributed by atoms with Crippen LogP contribution in [0.1, 0.15) is 29.6 Å². The summed E-state index contributed by atoms with van der Waals surface area (Å²) in [6.45, 7) is 0. The third-order valence-corrected chi connectivity index (χ3v) is 5.49. The van der Waals surface area contributed by atoms with Gasteiger partial charge < -0.3 is 10.4 Å². The molecule has 2 N–H and O–H groups in total. The molecular formula is C19H19N3O3. The highest BCUT2D eigenvalue weighted by Crippen LogP contribution is 2.48. The quantitative estimate of drug-likeness (QED) is 0.893. The number of nitrogens with one attached hydrogen (secondary N) is 1. The van der Waals surface area contributed by atoms with E-state index in [-0.39, 0.29) is 23.8 Å². The Morgan fingerprint density at radius 3 is 2.64 bits per heavy atom. The Labute approximate surface area is 145 Å². The largest absolute Gasteiger partial charge is 0.481 e. The Morgan fingerprint density at radius 2 is 1.88 bits per heavy atom. The van der Waals surface area contributed by atoms with Gasteiger partial charge in [-0.3, -0.25) is 9.59 Å². The van der Waals surface area contributed by atoms with Crippen LogP contribution in [0.3, 0.4) is 0 Å². The van der Waals surface area contributed by atoms with Crippen molar-refractivity contribution in [3.63, 3.8) is 0 Å². The molecule has 2 bridgehead atoms. The van der Waals surface area contributed by atoms with Crippen LogP contribution in [0.5, 0.6) is 0 Å². The molecular weight excluding hydrogens is 318 g/mol. The molecule has 2 aromatic rings. The molecule has 2 aliphatic rings. The van der Waals surface area contributed by atoms with Gasteiger partial charge in [0.2, 0.25) is 0 Å². The molecule has 0 spiro atoms. The number of carbonyl (C=O) groups excluding carboxylic acids is 1. The Kier molecular flexibility index (Phi) is 3.95. The molecule has 2 saturated carbocycles. The molecule has 2 fully saturated rings. The van der Waals surface area contributed by atoms with Crippen molar-refractivity contribution in [2.24, 2.45) is 17.8 Å². The summed E-state index contributed by atoms with van der Waals surface area (Å²) < 4.78 is 0. The number of carboxylic acids is 1. The third-order valence-electron chi connectivity index (χ3n) is 5.49. The number of nitrogens with zero attached hydrogens (tertiary/aromatic N) is 2. The highest BCUT2D eigenvalue weighted by Gasteiger charge is 2.51. The lowest BCUT2D eigenvalue weighted by atomic mass is 9.84. The first kappa shape index (κ1) is 15.7. The van der Waals surface area contributed by atoms with Crippen molar-refractivity contribution in [2.45, 2.75) is 25.3 Å². The Hall–Kier alpha value is -2.76. The first-order chi connectivity index (χ1) is 12.1. The molecule has 4 rings (SSSR count).